The number of rotatable bonds is 10. The third kappa shape index (κ3) is 7.53. The number of aromatic carboxylic acids is 1. The lowest BCUT2D eigenvalue weighted by atomic mass is 10.00. The molecule has 2 aromatic carbocycles. The van der Waals surface area contributed by atoms with Crippen LogP contribution in [0.5, 0.6) is 5.75 Å². The number of aryl methyl sites for hydroxylation is 2. The van der Waals surface area contributed by atoms with Gasteiger partial charge in [0, 0.05) is 99.3 Å². The molecule has 0 bridgehead atoms. The van der Waals surface area contributed by atoms with E-state index in [9.17, 15) is 20.0 Å². The molecule has 7 rings (SSSR count). The van der Waals surface area contributed by atoms with Gasteiger partial charge in [0.1, 0.15) is 30.1 Å². The Bertz CT molecular complexity index is 2300. The second-order valence-electron chi connectivity index (χ2n) is 14.1. The van der Waals surface area contributed by atoms with E-state index >= 15 is 4.39 Å². The van der Waals surface area contributed by atoms with Crippen LogP contribution >= 0.6 is 11.3 Å². The molecule has 5 heterocycles. The number of halogens is 1. The van der Waals surface area contributed by atoms with Crippen molar-refractivity contribution < 1.29 is 19.0 Å². The molecule has 2 fully saturated rings. The van der Waals surface area contributed by atoms with Crippen LogP contribution < -0.4 is 10.3 Å². The van der Waals surface area contributed by atoms with Gasteiger partial charge in [0.15, 0.2) is 0 Å². The summed E-state index contributed by atoms with van der Waals surface area (Å²) in [5, 5.41) is 21.8. The van der Waals surface area contributed by atoms with E-state index in [2.05, 4.69) is 48.8 Å². The average molecular weight is 739 g/mol. The molecular formula is C39H43FN8O4S. The van der Waals surface area contributed by atoms with Gasteiger partial charge in [-0.25, -0.2) is 14.2 Å². The van der Waals surface area contributed by atoms with Gasteiger partial charge < -0.3 is 19.6 Å². The maximum Gasteiger partial charge on any atom is 0.338 e. The molecule has 0 saturated carbocycles. The summed E-state index contributed by atoms with van der Waals surface area (Å²) in [6, 6.07) is 11.4. The third-order valence-electron chi connectivity index (χ3n) is 10.4. The number of nitriles is 1. The molecule has 5 aromatic rings. The van der Waals surface area contributed by atoms with Gasteiger partial charge in [-0.1, -0.05) is 6.07 Å². The fraction of sp³-hybridized carbons (Fsp3) is 0.410. The molecule has 0 spiro atoms. The number of benzene rings is 2. The lowest BCUT2D eigenvalue weighted by molar-refractivity contribution is 0.0699. The Morgan fingerprint density at radius 1 is 0.962 bits per heavy atom. The Morgan fingerprint density at radius 3 is 2.30 bits per heavy atom. The minimum Gasteiger partial charge on any atom is -0.491 e. The number of fused-ring (bicyclic) bond motifs is 2. The first-order valence-electron chi connectivity index (χ1n) is 17.8. The molecule has 276 valence electrons. The second-order valence-corrected chi connectivity index (χ2v) is 15.0. The number of hydrogen-bond acceptors (Lipinski definition) is 11. The molecule has 0 unspecified atom stereocenters. The van der Waals surface area contributed by atoms with Crippen LogP contribution in [0.3, 0.4) is 0 Å². The van der Waals surface area contributed by atoms with E-state index in [0.717, 1.165) is 80.3 Å². The molecule has 2 aliphatic rings. The number of thiophene rings is 1. The van der Waals surface area contributed by atoms with Crippen molar-refractivity contribution in [3.05, 3.63) is 85.7 Å². The van der Waals surface area contributed by atoms with Gasteiger partial charge in [-0.05, 0) is 51.7 Å². The predicted molar refractivity (Wildman–Crippen MR) is 203 cm³/mol. The molecule has 3 aromatic heterocycles. The van der Waals surface area contributed by atoms with Gasteiger partial charge in [0.25, 0.3) is 5.56 Å². The average Bonchev–Trinajstić information content (AvgIpc) is 3.56. The van der Waals surface area contributed by atoms with E-state index in [-0.39, 0.29) is 47.3 Å². The summed E-state index contributed by atoms with van der Waals surface area (Å²) in [6.07, 6.45) is 0. The van der Waals surface area contributed by atoms with Crippen LogP contribution in [0.1, 0.15) is 38.6 Å². The second kappa shape index (κ2) is 15.3. The van der Waals surface area contributed by atoms with Crippen molar-refractivity contribution in [3.8, 4) is 22.9 Å². The Hall–Kier alpha value is -4.78. The SMILES string of the molecule is Cc1cc(-c2cc(CN3CCN(C)CC3)ccc2OCCn2c(C)nc3cc(F)c(CN4CCN(C)CC4)c(C#N)c3c2=O)c2scc(C(=O)O)c2n1. The van der Waals surface area contributed by atoms with Gasteiger partial charge in [-0.15, -0.1) is 11.3 Å². The number of likely N-dealkylation sites (N-methyl/N-ethyl adjacent to an activating group) is 2. The third-order valence-corrected chi connectivity index (χ3v) is 11.4. The summed E-state index contributed by atoms with van der Waals surface area (Å²) >= 11 is 1.34. The van der Waals surface area contributed by atoms with Crippen LogP contribution in [-0.2, 0) is 19.6 Å². The summed E-state index contributed by atoms with van der Waals surface area (Å²) in [5.74, 6) is -0.599. The maximum absolute atomic E-state index is 15.5. The van der Waals surface area contributed by atoms with Crippen LogP contribution in [0, 0.1) is 31.0 Å². The molecular weight excluding hydrogens is 696 g/mol. The number of ether oxygens (including phenoxy) is 1. The van der Waals surface area contributed by atoms with Crippen LogP contribution in [0.25, 0.3) is 32.2 Å². The largest absolute Gasteiger partial charge is 0.491 e. The number of pyridine rings is 1. The molecule has 1 N–H and O–H groups in total. The molecule has 2 aliphatic heterocycles. The quantitative estimate of drug-likeness (QED) is 0.216. The lowest BCUT2D eigenvalue weighted by Crippen LogP contribution is -2.44. The van der Waals surface area contributed by atoms with E-state index in [4.69, 9.17) is 4.74 Å². The highest BCUT2D eigenvalue weighted by molar-refractivity contribution is 7.18. The molecule has 0 radical (unpaired) electrons. The van der Waals surface area contributed by atoms with Crippen molar-refractivity contribution in [2.75, 3.05) is 73.1 Å². The van der Waals surface area contributed by atoms with E-state index < -0.39 is 17.3 Å². The number of carbonyl (C=O) groups is 1. The van der Waals surface area contributed by atoms with E-state index in [0.29, 0.717) is 22.8 Å². The van der Waals surface area contributed by atoms with Gasteiger partial charge in [-0.3, -0.25) is 24.1 Å². The Kier molecular flexibility index (Phi) is 10.6. The molecule has 14 heteroatoms. The standard InChI is InChI=1S/C39H43FN8O4S/c1-24-17-28(37-36(42-24)31(23-53-37)39(50)51)27-18-26(21-46-11-7-44(3)8-12-46)5-6-34(27)52-16-15-48-25(2)43-33-19-32(40)30(29(20-41)35(33)38(48)49)22-47-13-9-45(4)10-14-47/h5-6,17-19,23H,7-16,21-22H2,1-4H3,(H,50,51). The van der Waals surface area contributed by atoms with Crippen LogP contribution in [0.2, 0.25) is 0 Å². The van der Waals surface area contributed by atoms with Gasteiger partial charge in [0.05, 0.1) is 38.8 Å². The van der Waals surface area contributed by atoms with Crippen molar-refractivity contribution >= 4 is 38.4 Å². The Morgan fingerprint density at radius 2 is 1.64 bits per heavy atom. The minimum absolute atomic E-state index is 0.0260. The Balaban J connectivity index is 1.21. The number of carboxylic acid groups (broad SMARTS) is 1. The van der Waals surface area contributed by atoms with Crippen LogP contribution in [-0.4, -0.2) is 118 Å². The lowest BCUT2D eigenvalue weighted by Gasteiger charge is -2.32. The summed E-state index contributed by atoms with van der Waals surface area (Å²) in [6.45, 7) is 11.8. The van der Waals surface area contributed by atoms with Gasteiger partial charge in [-0.2, -0.15) is 5.26 Å². The molecule has 0 atom stereocenters. The van der Waals surface area contributed by atoms with E-state index in [1.165, 1.54) is 22.0 Å². The molecule has 2 saturated heterocycles. The molecule has 0 aliphatic carbocycles. The van der Waals surface area contributed by atoms with E-state index in [1.807, 2.05) is 32.2 Å². The Labute approximate surface area is 311 Å². The fourth-order valence-electron chi connectivity index (χ4n) is 7.28. The first kappa shape index (κ1) is 36.6. The normalized spacial score (nSPS) is 16.4. The highest BCUT2D eigenvalue weighted by Gasteiger charge is 2.24. The summed E-state index contributed by atoms with van der Waals surface area (Å²) in [4.78, 5) is 44.3. The minimum atomic E-state index is -1.03. The maximum atomic E-state index is 15.5. The topological polar surface area (TPSA) is 131 Å². The molecule has 0 amide bonds. The van der Waals surface area contributed by atoms with Crippen molar-refractivity contribution in [1.29, 1.82) is 5.26 Å². The number of nitrogens with zero attached hydrogens (tertiary/aromatic N) is 8. The van der Waals surface area contributed by atoms with Gasteiger partial charge >= 0.3 is 5.97 Å². The van der Waals surface area contributed by atoms with Crippen molar-refractivity contribution in [2.45, 2.75) is 33.5 Å². The highest BCUT2D eigenvalue weighted by Crippen LogP contribution is 2.40. The molecule has 12 nitrogen and oxygen atoms in total. The zero-order valence-electron chi connectivity index (χ0n) is 30.5. The smallest absolute Gasteiger partial charge is 0.338 e. The zero-order chi connectivity index (χ0) is 37.4. The monoisotopic (exact) mass is 738 g/mol. The highest BCUT2D eigenvalue weighted by atomic mass is 32.1. The van der Waals surface area contributed by atoms with Gasteiger partial charge in [0.2, 0.25) is 0 Å². The van der Waals surface area contributed by atoms with Crippen LogP contribution in [0.15, 0.2) is 40.5 Å². The summed E-state index contributed by atoms with van der Waals surface area (Å²) < 4.78 is 24.2. The number of aromatic nitrogens is 3. The predicted octanol–water partition coefficient (Wildman–Crippen LogP) is 4.57. The fourth-order valence-corrected chi connectivity index (χ4v) is 8.29. The van der Waals surface area contributed by atoms with Crippen molar-refractivity contribution in [3.63, 3.8) is 0 Å². The first-order valence-corrected chi connectivity index (χ1v) is 18.7. The number of hydrogen-bond donors (Lipinski definition) is 1. The van der Waals surface area contributed by atoms with E-state index in [1.54, 1.807) is 12.3 Å². The van der Waals surface area contributed by atoms with Crippen molar-refractivity contribution in [1.82, 2.24) is 34.1 Å². The number of piperazine rings is 2. The summed E-state index contributed by atoms with van der Waals surface area (Å²) in [7, 11) is 4.17. The summed E-state index contributed by atoms with van der Waals surface area (Å²) in [5.41, 5.74) is 4.01. The molecule has 53 heavy (non-hydrogen) atoms. The van der Waals surface area contributed by atoms with Crippen molar-refractivity contribution in [2.24, 2.45) is 0 Å². The first-order chi connectivity index (χ1) is 25.5. The van der Waals surface area contributed by atoms with Crippen LogP contribution in [0.4, 0.5) is 4.39 Å². The number of carboxylic acids is 1. The zero-order valence-corrected chi connectivity index (χ0v) is 31.3.